The SMILES string of the molecule is Cc1cc2c(CCCC(=O)O)cccc2[nH]1. The minimum absolute atomic E-state index is 0.236. The highest BCUT2D eigenvalue weighted by Gasteiger charge is 2.04. The molecule has 0 aliphatic rings. The molecule has 1 heterocycles. The molecule has 0 radical (unpaired) electrons. The van der Waals surface area contributed by atoms with E-state index in [2.05, 4.69) is 17.1 Å². The molecular weight excluding hydrogens is 202 g/mol. The third kappa shape index (κ3) is 2.24. The van der Waals surface area contributed by atoms with Crippen molar-refractivity contribution in [1.82, 2.24) is 4.98 Å². The van der Waals surface area contributed by atoms with Gasteiger partial charge in [0.2, 0.25) is 0 Å². The molecule has 1 aromatic heterocycles. The molecule has 0 fully saturated rings. The fourth-order valence-corrected chi connectivity index (χ4v) is 2.01. The maximum absolute atomic E-state index is 10.5. The Morgan fingerprint density at radius 3 is 3.00 bits per heavy atom. The van der Waals surface area contributed by atoms with Crippen molar-refractivity contribution in [3.05, 3.63) is 35.5 Å². The maximum atomic E-state index is 10.5. The zero-order valence-corrected chi connectivity index (χ0v) is 9.29. The van der Waals surface area contributed by atoms with Gasteiger partial charge in [-0.3, -0.25) is 4.79 Å². The molecule has 2 N–H and O–H groups in total. The van der Waals surface area contributed by atoms with E-state index in [-0.39, 0.29) is 6.42 Å². The largest absolute Gasteiger partial charge is 0.481 e. The fourth-order valence-electron chi connectivity index (χ4n) is 2.01. The molecule has 3 heteroatoms. The van der Waals surface area contributed by atoms with E-state index in [0.717, 1.165) is 17.6 Å². The van der Waals surface area contributed by atoms with E-state index in [1.165, 1.54) is 10.9 Å². The molecule has 2 aromatic rings. The van der Waals surface area contributed by atoms with Crippen molar-refractivity contribution in [3.63, 3.8) is 0 Å². The van der Waals surface area contributed by atoms with Crippen LogP contribution in [0.1, 0.15) is 24.1 Å². The number of carboxylic acids is 1. The predicted octanol–water partition coefficient (Wildman–Crippen LogP) is 2.88. The van der Waals surface area contributed by atoms with Crippen molar-refractivity contribution >= 4 is 16.9 Å². The van der Waals surface area contributed by atoms with Crippen molar-refractivity contribution in [3.8, 4) is 0 Å². The van der Waals surface area contributed by atoms with E-state index in [0.29, 0.717) is 6.42 Å². The number of H-pyrrole nitrogens is 1. The van der Waals surface area contributed by atoms with Gasteiger partial charge in [-0.2, -0.15) is 0 Å². The molecule has 0 unspecified atom stereocenters. The van der Waals surface area contributed by atoms with Crippen LogP contribution < -0.4 is 0 Å². The second-order valence-electron chi connectivity index (χ2n) is 4.08. The number of nitrogens with one attached hydrogen (secondary N) is 1. The van der Waals surface area contributed by atoms with E-state index >= 15 is 0 Å². The monoisotopic (exact) mass is 217 g/mol. The third-order valence-corrected chi connectivity index (χ3v) is 2.73. The lowest BCUT2D eigenvalue weighted by atomic mass is 10.0. The second kappa shape index (κ2) is 4.39. The molecule has 0 spiro atoms. The molecule has 3 nitrogen and oxygen atoms in total. The van der Waals surface area contributed by atoms with Gasteiger partial charge in [0.1, 0.15) is 0 Å². The van der Waals surface area contributed by atoms with Gasteiger partial charge in [-0.15, -0.1) is 0 Å². The van der Waals surface area contributed by atoms with Crippen LogP contribution >= 0.6 is 0 Å². The quantitative estimate of drug-likeness (QED) is 0.827. The molecule has 0 aliphatic carbocycles. The van der Waals surface area contributed by atoms with Crippen LogP contribution in [0.4, 0.5) is 0 Å². The Kier molecular flexibility index (Phi) is 2.95. The lowest BCUT2D eigenvalue weighted by Gasteiger charge is -2.01. The number of fused-ring (bicyclic) bond motifs is 1. The summed E-state index contributed by atoms with van der Waals surface area (Å²) in [6.07, 6.45) is 1.75. The summed E-state index contributed by atoms with van der Waals surface area (Å²) in [7, 11) is 0. The number of aliphatic carboxylic acids is 1. The molecule has 0 amide bonds. The summed E-state index contributed by atoms with van der Waals surface area (Å²) in [6.45, 7) is 2.03. The number of carbonyl (C=O) groups is 1. The molecule has 0 saturated heterocycles. The summed E-state index contributed by atoms with van der Waals surface area (Å²) >= 11 is 0. The molecule has 84 valence electrons. The average Bonchev–Trinajstić information content (AvgIpc) is 2.58. The number of aromatic nitrogens is 1. The number of benzene rings is 1. The summed E-state index contributed by atoms with van der Waals surface area (Å²) in [5, 5.41) is 9.82. The van der Waals surface area contributed by atoms with Crippen molar-refractivity contribution < 1.29 is 9.90 Å². The number of rotatable bonds is 4. The van der Waals surface area contributed by atoms with Gasteiger partial charge >= 0.3 is 5.97 Å². The number of hydrogen-bond acceptors (Lipinski definition) is 1. The standard InChI is InChI=1S/C13H15NO2/c1-9-8-11-10(5-3-7-13(15)16)4-2-6-12(11)14-9/h2,4,6,8,14H,3,5,7H2,1H3,(H,15,16). The molecular formula is C13H15NO2. The highest BCUT2D eigenvalue weighted by atomic mass is 16.4. The first-order valence-electron chi connectivity index (χ1n) is 5.46. The number of carboxylic acid groups (broad SMARTS) is 1. The second-order valence-corrected chi connectivity index (χ2v) is 4.08. The van der Waals surface area contributed by atoms with Crippen molar-refractivity contribution in [2.75, 3.05) is 0 Å². The first-order valence-corrected chi connectivity index (χ1v) is 5.46. The van der Waals surface area contributed by atoms with Crippen LogP contribution in [0.2, 0.25) is 0 Å². The Morgan fingerprint density at radius 1 is 1.44 bits per heavy atom. The molecule has 2 rings (SSSR count). The van der Waals surface area contributed by atoms with Crippen LogP contribution in [0.5, 0.6) is 0 Å². The zero-order chi connectivity index (χ0) is 11.5. The topological polar surface area (TPSA) is 53.1 Å². The fraction of sp³-hybridized carbons (Fsp3) is 0.308. The summed E-state index contributed by atoms with van der Waals surface area (Å²) in [6, 6.07) is 8.24. The summed E-state index contributed by atoms with van der Waals surface area (Å²) in [5.41, 5.74) is 3.49. The summed E-state index contributed by atoms with van der Waals surface area (Å²) in [5.74, 6) is -0.725. The van der Waals surface area contributed by atoms with Crippen LogP contribution in [0, 0.1) is 6.92 Å². The van der Waals surface area contributed by atoms with Crippen LogP contribution in [0.15, 0.2) is 24.3 Å². The Morgan fingerprint density at radius 2 is 2.25 bits per heavy atom. The van der Waals surface area contributed by atoms with Gasteiger partial charge < -0.3 is 10.1 Å². The minimum atomic E-state index is -0.725. The molecule has 0 atom stereocenters. The number of hydrogen-bond donors (Lipinski definition) is 2. The van der Waals surface area contributed by atoms with Gasteiger partial charge in [0.05, 0.1) is 0 Å². The van der Waals surface area contributed by atoms with Crippen LogP contribution in [-0.2, 0) is 11.2 Å². The molecule has 0 aliphatic heterocycles. The van der Waals surface area contributed by atoms with Crippen LogP contribution in [-0.4, -0.2) is 16.1 Å². The molecule has 16 heavy (non-hydrogen) atoms. The zero-order valence-electron chi connectivity index (χ0n) is 9.29. The van der Waals surface area contributed by atoms with E-state index in [1.54, 1.807) is 0 Å². The molecule has 0 bridgehead atoms. The van der Waals surface area contributed by atoms with Gasteiger partial charge in [-0.05, 0) is 37.5 Å². The first kappa shape index (κ1) is 10.7. The Hall–Kier alpha value is -1.77. The molecule has 1 aromatic carbocycles. The van der Waals surface area contributed by atoms with E-state index in [1.807, 2.05) is 19.1 Å². The van der Waals surface area contributed by atoms with E-state index in [4.69, 9.17) is 5.11 Å². The normalized spacial score (nSPS) is 10.8. The van der Waals surface area contributed by atoms with Gasteiger partial charge in [0.15, 0.2) is 0 Å². The third-order valence-electron chi connectivity index (χ3n) is 2.73. The average molecular weight is 217 g/mol. The lowest BCUT2D eigenvalue weighted by molar-refractivity contribution is -0.137. The number of aromatic amines is 1. The molecule has 0 saturated carbocycles. The summed E-state index contributed by atoms with van der Waals surface area (Å²) < 4.78 is 0. The van der Waals surface area contributed by atoms with Gasteiger partial charge in [0.25, 0.3) is 0 Å². The van der Waals surface area contributed by atoms with Crippen LogP contribution in [0.3, 0.4) is 0 Å². The van der Waals surface area contributed by atoms with E-state index < -0.39 is 5.97 Å². The van der Waals surface area contributed by atoms with Crippen molar-refractivity contribution in [1.29, 1.82) is 0 Å². The maximum Gasteiger partial charge on any atom is 0.303 e. The summed E-state index contributed by atoms with van der Waals surface area (Å²) in [4.78, 5) is 13.7. The van der Waals surface area contributed by atoms with Crippen molar-refractivity contribution in [2.45, 2.75) is 26.2 Å². The first-order chi connectivity index (χ1) is 7.66. The smallest absolute Gasteiger partial charge is 0.303 e. The van der Waals surface area contributed by atoms with Gasteiger partial charge in [-0.1, -0.05) is 12.1 Å². The Labute approximate surface area is 94.1 Å². The predicted molar refractivity (Wildman–Crippen MR) is 63.6 cm³/mol. The van der Waals surface area contributed by atoms with Crippen molar-refractivity contribution in [2.24, 2.45) is 0 Å². The van der Waals surface area contributed by atoms with Gasteiger partial charge in [-0.25, -0.2) is 0 Å². The highest BCUT2D eigenvalue weighted by Crippen LogP contribution is 2.21. The Balaban J connectivity index is 2.20. The van der Waals surface area contributed by atoms with Crippen LogP contribution in [0.25, 0.3) is 10.9 Å². The Bertz CT molecular complexity index is 514. The van der Waals surface area contributed by atoms with E-state index in [9.17, 15) is 4.79 Å². The highest BCUT2D eigenvalue weighted by molar-refractivity contribution is 5.83. The minimum Gasteiger partial charge on any atom is -0.481 e. The lowest BCUT2D eigenvalue weighted by Crippen LogP contribution is -1.96. The number of aryl methyl sites for hydroxylation is 2. The van der Waals surface area contributed by atoms with Gasteiger partial charge in [0, 0.05) is 23.0 Å².